The minimum atomic E-state index is 0.118. The molecule has 3 heterocycles. The van der Waals surface area contributed by atoms with Crippen LogP contribution in [-0.4, -0.2) is 45.9 Å². The van der Waals surface area contributed by atoms with Crippen molar-refractivity contribution < 1.29 is 4.79 Å². The van der Waals surface area contributed by atoms with Crippen molar-refractivity contribution in [2.75, 3.05) is 25.0 Å². The predicted molar refractivity (Wildman–Crippen MR) is 81.8 cm³/mol. The monoisotopic (exact) mass is 300 g/mol. The highest BCUT2D eigenvalue weighted by Crippen LogP contribution is 2.40. The van der Waals surface area contributed by atoms with Gasteiger partial charge in [0.2, 0.25) is 11.6 Å². The minimum absolute atomic E-state index is 0.118. The molecule has 1 aliphatic carbocycles. The first-order valence-electron chi connectivity index (χ1n) is 7.91. The molecule has 1 atom stereocenters. The summed E-state index contributed by atoms with van der Waals surface area (Å²) < 4.78 is 1.79. The van der Waals surface area contributed by atoms with Crippen molar-refractivity contribution in [2.45, 2.75) is 31.6 Å². The Morgan fingerprint density at radius 1 is 1.41 bits per heavy atom. The fourth-order valence-corrected chi connectivity index (χ4v) is 3.22. The van der Waals surface area contributed by atoms with Gasteiger partial charge in [-0.15, -0.1) is 10.2 Å². The number of nitrogens with zero attached hydrogens (tertiary/aromatic N) is 5. The smallest absolute Gasteiger partial charge is 0.220 e. The lowest BCUT2D eigenvalue weighted by atomic mass is 10.0. The molecular weight excluding hydrogens is 280 g/mol. The fraction of sp³-hybridized carbons (Fsp3) is 0.600. The third-order valence-corrected chi connectivity index (χ3v) is 4.64. The standard InChI is InChI=1S/C15H20N6O/c1-16-14(22)6-10-4-5-20(8-10)13-7-12(11-2-3-11)19-21-9-17-18-15(13)21/h7,9-11H,2-6,8H2,1H3,(H,16,22). The summed E-state index contributed by atoms with van der Waals surface area (Å²) in [5, 5.41) is 15.5. The third kappa shape index (κ3) is 2.40. The molecule has 1 saturated carbocycles. The summed E-state index contributed by atoms with van der Waals surface area (Å²) in [5.41, 5.74) is 3.05. The summed E-state index contributed by atoms with van der Waals surface area (Å²) in [6.07, 6.45) is 5.74. The molecular formula is C15H20N6O. The van der Waals surface area contributed by atoms with Gasteiger partial charge in [-0.05, 0) is 31.2 Å². The van der Waals surface area contributed by atoms with Crippen molar-refractivity contribution >= 4 is 17.2 Å². The van der Waals surface area contributed by atoms with E-state index in [0.29, 0.717) is 18.3 Å². The van der Waals surface area contributed by atoms with E-state index < -0.39 is 0 Å². The number of anilines is 1. The van der Waals surface area contributed by atoms with Gasteiger partial charge in [0.15, 0.2) is 0 Å². The van der Waals surface area contributed by atoms with Crippen LogP contribution in [0.4, 0.5) is 5.69 Å². The van der Waals surface area contributed by atoms with E-state index in [-0.39, 0.29) is 5.91 Å². The van der Waals surface area contributed by atoms with Gasteiger partial charge in [0.1, 0.15) is 6.33 Å². The van der Waals surface area contributed by atoms with Gasteiger partial charge >= 0.3 is 0 Å². The highest BCUT2D eigenvalue weighted by Gasteiger charge is 2.30. The zero-order chi connectivity index (χ0) is 15.1. The van der Waals surface area contributed by atoms with Crippen molar-refractivity contribution in [3.63, 3.8) is 0 Å². The van der Waals surface area contributed by atoms with Crippen LogP contribution in [0.5, 0.6) is 0 Å². The molecule has 0 aromatic carbocycles. The average molecular weight is 300 g/mol. The molecule has 116 valence electrons. The molecule has 1 N–H and O–H groups in total. The summed E-state index contributed by atoms with van der Waals surface area (Å²) >= 11 is 0. The Bertz CT molecular complexity index is 707. The molecule has 2 aromatic heterocycles. The predicted octanol–water partition coefficient (Wildman–Crippen LogP) is 0.964. The van der Waals surface area contributed by atoms with Gasteiger partial charge in [-0.2, -0.15) is 9.61 Å². The number of amides is 1. The Kier molecular flexibility index (Phi) is 3.20. The van der Waals surface area contributed by atoms with Crippen LogP contribution in [0.2, 0.25) is 0 Å². The van der Waals surface area contributed by atoms with Gasteiger partial charge in [0.25, 0.3) is 0 Å². The van der Waals surface area contributed by atoms with Crippen molar-refractivity contribution in [1.29, 1.82) is 0 Å². The molecule has 1 aliphatic heterocycles. The summed E-state index contributed by atoms with van der Waals surface area (Å²) in [6.45, 7) is 1.85. The maximum absolute atomic E-state index is 11.6. The second-order valence-corrected chi connectivity index (χ2v) is 6.31. The van der Waals surface area contributed by atoms with Gasteiger partial charge in [-0.1, -0.05) is 0 Å². The van der Waals surface area contributed by atoms with Crippen LogP contribution in [0.15, 0.2) is 12.4 Å². The fourth-order valence-electron chi connectivity index (χ4n) is 3.22. The van der Waals surface area contributed by atoms with E-state index in [9.17, 15) is 4.79 Å². The highest BCUT2D eigenvalue weighted by molar-refractivity contribution is 5.76. The molecule has 2 aliphatic rings. The van der Waals surface area contributed by atoms with Gasteiger partial charge in [-0.25, -0.2) is 0 Å². The van der Waals surface area contributed by atoms with Crippen molar-refractivity contribution in [3.05, 3.63) is 18.1 Å². The number of aromatic nitrogens is 4. The summed E-state index contributed by atoms with van der Waals surface area (Å²) in [5.74, 6) is 1.11. The first kappa shape index (κ1) is 13.5. The van der Waals surface area contributed by atoms with Gasteiger partial charge < -0.3 is 10.2 Å². The quantitative estimate of drug-likeness (QED) is 0.910. The van der Waals surface area contributed by atoms with Crippen LogP contribution in [0.1, 0.15) is 37.3 Å². The molecule has 2 fully saturated rings. The van der Waals surface area contributed by atoms with Crippen LogP contribution in [0, 0.1) is 5.92 Å². The molecule has 22 heavy (non-hydrogen) atoms. The van der Waals surface area contributed by atoms with E-state index in [0.717, 1.165) is 36.5 Å². The Morgan fingerprint density at radius 3 is 3.05 bits per heavy atom. The zero-order valence-corrected chi connectivity index (χ0v) is 12.7. The SMILES string of the molecule is CNC(=O)CC1CCN(c2cc(C3CC3)nn3cnnc23)C1. The minimum Gasteiger partial charge on any atom is -0.368 e. The molecule has 0 bridgehead atoms. The van der Waals surface area contributed by atoms with Crippen LogP contribution in [0.25, 0.3) is 5.65 Å². The number of rotatable bonds is 4. The lowest BCUT2D eigenvalue weighted by Crippen LogP contribution is -2.25. The summed E-state index contributed by atoms with van der Waals surface area (Å²) in [4.78, 5) is 13.9. The van der Waals surface area contributed by atoms with Crippen LogP contribution < -0.4 is 10.2 Å². The second kappa shape index (κ2) is 5.23. The molecule has 4 rings (SSSR count). The third-order valence-electron chi connectivity index (χ3n) is 4.64. The normalized spacial score (nSPS) is 21.5. The maximum atomic E-state index is 11.6. The number of hydrogen-bond donors (Lipinski definition) is 1. The number of hydrogen-bond acceptors (Lipinski definition) is 5. The number of nitrogens with one attached hydrogen (secondary N) is 1. The highest BCUT2D eigenvalue weighted by atomic mass is 16.1. The molecule has 2 aromatic rings. The molecule has 1 amide bonds. The number of carbonyl (C=O) groups excluding carboxylic acids is 1. The molecule has 7 heteroatoms. The van der Waals surface area contributed by atoms with Gasteiger partial charge in [0.05, 0.1) is 11.4 Å². The molecule has 7 nitrogen and oxygen atoms in total. The first-order chi connectivity index (χ1) is 10.7. The van der Waals surface area contributed by atoms with Gasteiger partial charge in [-0.3, -0.25) is 4.79 Å². The largest absolute Gasteiger partial charge is 0.368 e. The van der Waals surface area contributed by atoms with E-state index in [4.69, 9.17) is 0 Å². The number of fused-ring (bicyclic) bond motifs is 1. The second-order valence-electron chi connectivity index (χ2n) is 6.31. The van der Waals surface area contributed by atoms with E-state index in [1.165, 1.54) is 12.8 Å². The lowest BCUT2D eigenvalue weighted by Gasteiger charge is -2.19. The van der Waals surface area contributed by atoms with E-state index in [2.05, 4.69) is 31.6 Å². The van der Waals surface area contributed by atoms with Crippen molar-refractivity contribution in [1.82, 2.24) is 25.1 Å². The number of carbonyl (C=O) groups is 1. The Balaban J connectivity index is 1.60. The van der Waals surface area contributed by atoms with Crippen LogP contribution in [0.3, 0.4) is 0 Å². The van der Waals surface area contributed by atoms with Crippen LogP contribution in [-0.2, 0) is 4.79 Å². The molecule has 0 radical (unpaired) electrons. The zero-order valence-electron chi connectivity index (χ0n) is 12.7. The lowest BCUT2D eigenvalue weighted by molar-refractivity contribution is -0.121. The Morgan fingerprint density at radius 2 is 2.27 bits per heavy atom. The topological polar surface area (TPSA) is 75.4 Å². The van der Waals surface area contributed by atoms with Crippen LogP contribution >= 0.6 is 0 Å². The molecule has 1 unspecified atom stereocenters. The van der Waals surface area contributed by atoms with E-state index >= 15 is 0 Å². The van der Waals surface area contributed by atoms with Crippen molar-refractivity contribution in [3.8, 4) is 0 Å². The van der Waals surface area contributed by atoms with E-state index in [1.807, 2.05) is 0 Å². The molecule has 1 saturated heterocycles. The Labute approximate surface area is 128 Å². The summed E-state index contributed by atoms with van der Waals surface area (Å²) in [7, 11) is 1.69. The van der Waals surface area contributed by atoms with Gasteiger partial charge in [0, 0.05) is 32.5 Å². The summed E-state index contributed by atoms with van der Waals surface area (Å²) in [6, 6.07) is 2.17. The maximum Gasteiger partial charge on any atom is 0.220 e. The average Bonchev–Trinajstić information content (AvgIpc) is 3.09. The first-order valence-corrected chi connectivity index (χ1v) is 7.91. The molecule has 0 spiro atoms. The van der Waals surface area contributed by atoms with Crippen molar-refractivity contribution in [2.24, 2.45) is 5.92 Å². The Hall–Kier alpha value is -2.18. The van der Waals surface area contributed by atoms with E-state index in [1.54, 1.807) is 17.9 Å².